The van der Waals surface area contributed by atoms with E-state index < -0.39 is 18.1 Å². The van der Waals surface area contributed by atoms with Crippen LogP contribution in [-0.2, 0) is 11.2 Å². The SMILES string of the molecule is COc1cccc(Sc2ccc(CC(C)NC(=O)C(F)(F)F)cc2)c1. The molecule has 0 saturated heterocycles. The molecule has 0 spiro atoms. The highest BCUT2D eigenvalue weighted by atomic mass is 32.2. The van der Waals surface area contributed by atoms with Gasteiger partial charge >= 0.3 is 12.1 Å². The van der Waals surface area contributed by atoms with Gasteiger partial charge in [-0.1, -0.05) is 30.0 Å². The largest absolute Gasteiger partial charge is 0.497 e. The van der Waals surface area contributed by atoms with Crippen LogP contribution in [0.25, 0.3) is 0 Å². The van der Waals surface area contributed by atoms with E-state index in [9.17, 15) is 18.0 Å². The van der Waals surface area contributed by atoms with Crippen LogP contribution in [0.2, 0.25) is 0 Å². The molecule has 2 aromatic carbocycles. The van der Waals surface area contributed by atoms with Crippen molar-refractivity contribution < 1.29 is 22.7 Å². The van der Waals surface area contributed by atoms with Gasteiger partial charge in [0.1, 0.15) is 5.75 Å². The number of hydrogen-bond acceptors (Lipinski definition) is 3. The zero-order valence-electron chi connectivity index (χ0n) is 13.8. The highest BCUT2D eigenvalue weighted by Gasteiger charge is 2.39. The third-order valence-electron chi connectivity index (χ3n) is 3.38. The number of rotatable bonds is 6. The van der Waals surface area contributed by atoms with Crippen LogP contribution in [0.15, 0.2) is 58.3 Å². The Morgan fingerprint density at radius 1 is 1.16 bits per heavy atom. The molecule has 1 atom stereocenters. The molecule has 0 bridgehead atoms. The minimum atomic E-state index is -4.86. The summed E-state index contributed by atoms with van der Waals surface area (Å²) in [5.74, 6) is -1.14. The maximum Gasteiger partial charge on any atom is 0.471 e. The Hall–Kier alpha value is -2.15. The van der Waals surface area contributed by atoms with Crippen molar-refractivity contribution in [3.05, 3.63) is 54.1 Å². The number of amides is 1. The third kappa shape index (κ3) is 6.01. The van der Waals surface area contributed by atoms with Crippen molar-refractivity contribution in [3.63, 3.8) is 0 Å². The molecule has 0 saturated carbocycles. The molecule has 0 aliphatic heterocycles. The Morgan fingerprint density at radius 2 is 1.84 bits per heavy atom. The molecular weight excluding hydrogens is 351 g/mol. The zero-order chi connectivity index (χ0) is 18.4. The Morgan fingerprint density at radius 3 is 2.44 bits per heavy atom. The maximum atomic E-state index is 12.2. The molecule has 25 heavy (non-hydrogen) atoms. The topological polar surface area (TPSA) is 38.3 Å². The number of ether oxygens (including phenoxy) is 1. The summed E-state index contributed by atoms with van der Waals surface area (Å²) in [5.41, 5.74) is 0.852. The number of halogens is 3. The molecule has 1 N–H and O–H groups in total. The molecule has 0 aliphatic carbocycles. The summed E-state index contributed by atoms with van der Waals surface area (Å²) in [7, 11) is 1.61. The number of carbonyl (C=O) groups excluding carboxylic acids is 1. The van der Waals surface area contributed by atoms with E-state index in [1.165, 1.54) is 0 Å². The van der Waals surface area contributed by atoms with Gasteiger partial charge in [-0.3, -0.25) is 4.79 Å². The molecule has 3 nitrogen and oxygen atoms in total. The molecule has 0 radical (unpaired) electrons. The molecule has 1 unspecified atom stereocenters. The number of benzene rings is 2. The lowest BCUT2D eigenvalue weighted by Gasteiger charge is -2.15. The minimum Gasteiger partial charge on any atom is -0.497 e. The van der Waals surface area contributed by atoms with E-state index in [1.54, 1.807) is 25.8 Å². The van der Waals surface area contributed by atoms with E-state index in [0.717, 1.165) is 21.1 Å². The molecule has 0 aromatic heterocycles. The number of methoxy groups -OCH3 is 1. The summed E-state index contributed by atoms with van der Waals surface area (Å²) >= 11 is 1.56. The van der Waals surface area contributed by atoms with Crippen LogP contribution in [0.3, 0.4) is 0 Å². The summed E-state index contributed by atoms with van der Waals surface area (Å²) < 4.78 is 41.9. The second-order valence-corrected chi connectivity index (χ2v) is 6.65. The first kappa shape index (κ1) is 19.2. The Kier molecular flexibility index (Phi) is 6.36. The van der Waals surface area contributed by atoms with Gasteiger partial charge in [-0.2, -0.15) is 13.2 Å². The van der Waals surface area contributed by atoms with E-state index >= 15 is 0 Å². The Labute approximate surface area is 148 Å². The fourth-order valence-corrected chi connectivity index (χ4v) is 3.07. The molecule has 7 heteroatoms. The molecule has 2 aromatic rings. The lowest BCUT2D eigenvalue weighted by molar-refractivity contribution is -0.174. The average molecular weight is 369 g/mol. The van der Waals surface area contributed by atoms with Crippen molar-refractivity contribution in [2.75, 3.05) is 7.11 Å². The zero-order valence-corrected chi connectivity index (χ0v) is 14.6. The number of nitrogens with one attached hydrogen (secondary N) is 1. The van der Waals surface area contributed by atoms with Gasteiger partial charge < -0.3 is 10.1 Å². The normalized spacial score (nSPS) is 12.5. The number of carbonyl (C=O) groups is 1. The predicted octanol–water partition coefficient (Wildman–Crippen LogP) is 4.46. The van der Waals surface area contributed by atoms with E-state index in [0.29, 0.717) is 6.42 Å². The summed E-state index contributed by atoms with van der Waals surface area (Å²) in [4.78, 5) is 13.0. The molecule has 2 rings (SSSR count). The van der Waals surface area contributed by atoms with Crippen LogP contribution in [0.4, 0.5) is 13.2 Å². The van der Waals surface area contributed by atoms with Gasteiger partial charge in [0.2, 0.25) is 0 Å². The standard InChI is InChI=1S/C18H18F3NO2S/c1-12(22-17(23)18(19,20)21)10-13-6-8-15(9-7-13)25-16-5-3-4-14(11-16)24-2/h3-9,11-12H,10H2,1-2H3,(H,22,23). The van der Waals surface area contributed by atoms with E-state index in [2.05, 4.69) is 0 Å². The Bertz CT molecular complexity index is 717. The van der Waals surface area contributed by atoms with Gasteiger partial charge in [0.25, 0.3) is 0 Å². The first-order valence-electron chi connectivity index (χ1n) is 7.56. The van der Waals surface area contributed by atoms with Crippen molar-refractivity contribution in [1.29, 1.82) is 0 Å². The summed E-state index contributed by atoms with van der Waals surface area (Å²) in [6, 6.07) is 14.5. The van der Waals surface area contributed by atoms with Crippen molar-refractivity contribution in [1.82, 2.24) is 5.32 Å². The van der Waals surface area contributed by atoms with E-state index in [1.807, 2.05) is 53.8 Å². The first-order chi connectivity index (χ1) is 11.8. The van der Waals surface area contributed by atoms with Crippen molar-refractivity contribution >= 4 is 17.7 Å². The predicted molar refractivity (Wildman–Crippen MR) is 90.9 cm³/mol. The molecule has 0 fully saturated rings. The van der Waals surface area contributed by atoms with Gasteiger partial charge in [-0.05, 0) is 49.2 Å². The van der Waals surface area contributed by atoms with Crippen molar-refractivity contribution in [2.45, 2.75) is 35.4 Å². The Balaban J connectivity index is 1.94. The van der Waals surface area contributed by atoms with Crippen LogP contribution in [0.5, 0.6) is 5.75 Å². The number of alkyl halides is 3. The van der Waals surface area contributed by atoms with Gasteiger partial charge in [-0.25, -0.2) is 0 Å². The van der Waals surface area contributed by atoms with Crippen molar-refractivity contribution in [2.24, 2.45) is 0 Å². The summed E-state index contributed by atoms with van der Waals surface area (Å²) in [6.07, 6.45) is -4.53. The second-order valence-electron chi connectivity index (χ2n) is 5.50. The van der Waals surface area contributed by atoms with Gasteiger partial charge in [-0.15, -0.1) is 0 Å². The second kappa shape index (κ2) is 8.29. The van der Waals surface area contributed by atoms with Crippen molar-refractivity contribution in [3.8, 4) is 5.75 Å². The van der Waals surface area contributed by atoms with Gasteiger partial charge in [0.15, 0.2) is 0 Å². The number of hydrogen-bond donors (Lipinski definition) is 1. The highest BCUT2D eigenvalue weighted by Crippen LogP contribution is 2.30. The fraction of sp³-hybridized carbons (Fsp3) is 0.278. The van der Waals surface area contributed by atoms with Crippen LogP contribution in [-0.4, -0.2) is 25.2 Å². The van der Waals surface area contributed by atoms with Gasteiger partial charge in [0.05, 0.1) is 7.11 Å². The van der Waals surface area contributed by atoms with Gasteiger partial charge in [0, 0.05) is 15.8 Å². The lowest BCUT2D eigenvalue weighted by atomic mass is 10.1. The quantitative estimate of drug-likeness (QED) is 0.817. The minimum absolute atomic E-state index is 0.325. The third-order valence-corrected chi connectivity index (χ3v) is 4.37. The van der Waals surface area contributed by atoms with Crippen LogP contribution >= 0.6 is 11.8 Å². The molecule has 0 heterocycles. The van der Waals surface area contributed by atoms with E-state index in [-0.39, 0.29) is 0 Å². The average Bonchev–Trinajstić information content (AvgIpc) is 2.56. The molecule has 0 aliphatic rings. The molecular formula is C18H18F3NO2S. The lowest BCUT2D eigenvalue weighted by Crippen LogP contribution is -2.42. The highest BCUT2D eigenvalue weighted by molar-refractivity contribution is 7.99. The molecule has 134 valence electrons. The van der Waals surface area contributed by atoms with Crippen LogP contribution in [0.1, 0.15) is 12.5 Å². The fourth-order valence-electron chi connectivity index (χ4n) is 2.20. The summed E-state index contributed by atoms with van der Waals surface area (Å²) in [5, 5.41) is 1.95. The smallest absolute Gasteiger partial charge is 0.471 e. The molecule has 1 amide bonds. The maximum absolute atomic E-state index is 12.2. The summed E-state index contributed by atoms with van der Waals surface area (Å²) in [6.45, 7) is 1.54. The van der Waals surface area contributed by atoms with E-state index in [4.69, 9.17) is 4.74 Å². The monoisotopic (exact) mass is 369 g/mol. The van der Waals surface area contributed by atoms with Crippen LogP contribution in [0, 0.1) is 0 Å². The first-order valence-corrected chi connectivity index (χ1v) is 8.38. The van der Waals surface area contributed by atoms with Crippen LogP contribution < -0.4 is 10.1 Å².